The zero-order valence-corrected chi connectivity index (χ0v) is 19.8. The van der Waals surface area contributed by atoms with Gasteiger partial charge < -0.3 is 9.73 Å². The van der Waals surface area contributed by atoms with Gasteiger partial charge >= 0.3 is 6.18 Å². The second-order valence-corrected chi connectivity index (χ2v) is 9.19. The first-order valence-electron chi connectivity index (χ1n) is 11.0. The molecule has 35 heavy (non-hydrogen) atoms. The van der Waals surface area contributed by atoms with E-state index in [1.807, 2.05) is 59.7 Å². The van der Waals surface area contributed by atoms with Crippen LogP contribution in [-0.4, -0.2) is 15.8 Å². The van der Waals surface area contributed by atoms with Crippen molar-refractivity contribution in [3.05, 3.63) is 112 Å². The SMILES string of the molecule is C[C@H](NC(=O)c1coc(CN(Cc2cccc(C(F)(F)F)c2)Cc2cccs2)n1)c1ccccc1. The molecule has 0 unspecified atom stereocenters. The largest absolute Gasteiger partial charge is 0.447 e. The summed E-state index contributed by atoms with van der Waals surface area (Å²) in [5, 5.41) is 4.84. The molecule has 5 nitrogen and oxygen atoms in total. The number of hydrogen-bond acceptors (Lipinski definition) is 5. The molecule has 0 aliphatic heterocycles. The van der Waals surface area contributed by atoms with Crippen LogP contribution in [0.5, 0.6) is 0 Å². The van der Waals surface area contributed by atoms with E-state index in [-0.39, 0.29) is 30.7 Å². The molecule has 0 radical (unpaired) electrons. The van der Waals surface area contributed by atoms with E-state index in [0.717, 1.165) is 22.6 Å². The maximum Gasteiger partial charge on any atom is 0.416 e. The summed E-state index contributed by atoms with van der Waals surface area (Å²) in [6.07, 6.45) is -3.10. The van der Waals surface area contributed by atoms with Gasteiger partial charge in [0, 0.05) is 18.0 Å². The summed E-state index contributed by atoms with van der Waals surface area (Å²) >= 11 is 1.56. The third kappa shape index (κ3) is 6.80. The van der Waals surface area contributed by atoms with Gasteiger partial charge in [-0.25, -0.2) is 4.98 Å². The van der Waals surface area contributed by atoms with Crippen molar-refractivity contribution in [2.24, 2.45) is 0 Å². The Bertz CT molecular complexity index is 1240. The lowest BCUT2D eigenvalue weighted by atomic mass is 10.1. The van der Waals surface area contributed by atoms with Gasteiger partial charge in [-0.15, -0.1) is 11.3 Å². The molecule has 2 heterocycles. The molecular weight excluding hydrogens is 475 g/mol. The number of carbonyl (C=O) groups excluding carboxylic acids is 1. The van der Waals surface area contributed by atoms with Crippen LogP contribution in [0.2, 0.25) is 0 Å². The van der Waals surface area contributed by atoms with Crippen molar-refractivity contribution < 1.29 is 22.4 Å². The standard InChI is InChI=1S/C26H24F3N3O2S/c1-18(20-8-3-2-4-9-20)30-25(33)23-17-34-24(31-23)16-32(15-22-11-6-12-35-22)14-19-7-5-10-21(13-19)26(27,28)29/h2-13,17-18H,14-16H2,1H3,(H,30,33)/t18-/m0/s1. The molecule has 0 saturated carbocycles. The lowest BCUT2D eigenvalue weighted by molar-refractivity contribution is -0.137. The van der Waals surface area contributed by atoms with Gasteiger partial charge in [0.1, 0.15) is 6.26 Å². The number of rotatable bonds is 9. The molecule has 0 saturated heterocycles. The van der Waals surface area contributed by atoms with Crippen molar-refractivity contribution in [2.45, 2.75) is 38.8 Å². The molecule has 1 amide bonds. The monoisotopic (exact) mass is 499 g/mol. The molecule has 4 rings (SSSR count). The molecule has 4 aromatic rings. The van der Waals surface area contributed by atoms with Crippen LogP contribution in [0, 0.1) is 0 Å². The summed E-state index contributed by atoms with van der Waals surface area (Å²) in [6, 6.07) is 18.5. The first kappa shape index (κ1) is 24.7. The zero-order valence-electron chi connectivity index (χ0n) is 19.0. The summed E-state index contributed by atoms with van der Waals surface area (Å²) in [6.45, 7) is 2.88. The van der Waals surface area contributed by atoms with Crippen LogP contribution in [0.15, 0.2) is 82.8 Å². The Labute approximate surface area is 205 Å². The molecule has 0 bridgehead atoms. The molecule has 2 aromatic heterocycles. The predicted molar refractivity (Wildman–Crippen MR) is 128 cm³/mol. The Kier molecular flexibility index (Phi) is 7.67. The fraction of sp³-hybridized carbons (Fsp3) is 0.231. The van der Waals surface area contributed by atoms with Crippen LogP contribution >= 0.6 is 11.3 Å². The Morgan fingerprint density at radius 3 is 2.57 bits per heavy atom. The lowest BCUT2D eigenvalue weighted by Gasteiger charge is -2.21. The summed E-state index contributed by atoms with van der Waals surface area (Å²) < 4.78 is 45.0. The van der Waals surface area contributed by atoms with Crippen LogP contribution in [0.25, 0.3) is 0 Å². The zero-order chi connectivity index (χ0) is 24.8. The van der Waals surface area contributed by atoms with E-state index in [1.54, 1.807) is 17.4 Å². The number of oxazole rings is 1. The number of nitrogens with zero attached hydrogens (tertiary/aromatic N) is 2. The third-order valence-corrected chi connectivity index (χ3v) is 6.27. The minimum Gasteiger partial charge on any atom is -0.447 e. The van der Waals surface area contributed by atoms with Crippen molar-refractivity contribution in [3.63, 3.8) is 0 Å². The quantitative estimate of drug-likeness (QED) is 0.288. The van der Waals surface area contributed by atoms with Crippen LogP contribution in [0.1, 0.15) is 50.9 Å². The number of aromatic nitrogens is 1. The molecule has 2 aromatic carbocycles. The fourth-order valence-electron chi connectivity index (χ4n) is 3.67. The van der Waals surface area contributed by atoms with E-state index < -0.39 is 11.7 Å². The number of carbonyl (C=O) groups is 1. The topological polar surface area (TPSA) is 58.4 Å². The van der Waals surface area contributed by atoms with Gasteiger partial charge in [0.05, 0.1) is 18.2 Å². The number of benzene rings is 2. The predicted octanol–water partition coefficient (Wildman–Crippen LogP) is 6.45. The lowest BCUT2D eigenvalue weighted by Crippen LogP contribution is -2.27. The first-order valence-corrected chi connectivity index (χ1v) is 11.9. The highest BCUT2D eigenvalue weighted by Crippen LogP contribution is 2.30. The van der Waals surface area contributed by atoms with E-state index in [9.17, 15) is 18.0 Å². The van der Waals surface area contributed by atoms with Crippen molar-refractivity contribution in [1.82, 2.24) is 15.2 Å². The molecule has 182 valence electrons. The van der Waals surface area contributed by atoms with Crippen LogP contribution in [-0.2, 0) is 25.8 Å². The number of amides is 1. The van der Waals surface area contributed by atoms with E-state index in [2.05, 4.69) is 10.3 Å². The number of halogens is 3. The first-order chi connectivity index (χ1) is 16.8. The molecule has 1 N–H and O–H groups in total. The van der Waals surface area contributed by atoms with E-state index in [0.29, 0.717) is 18.0 Å². The van der Waals surface area contributed by atoms with Crippen LogP contribution < -0.4 is 5.32 Å². The van der Waals surface area contributed by atoms with Gasteiger partial charge in [0.25, 0.3) is 5.91 Å². The van der Waals surface area contributed by atoms with Crippen molar-refractivity contribution in [3.8, 4) is 0 Å². The van der Waals surface area contributed by atoms with Crippen molar-refractivity contribution in [2.75, 3.05) is 0 Å². The Morgan fingerprint density at radius 2 is 1.86 bits per heavy atom. The van der Waals surface area contributed by atoms with Gasteiger partial charge in [-0.1, -0.05) is 54.6 Å². The number of thiophene rings is 1. The Morgan fingerprint density at radius 1 is 1.06 bits per heavy atom. The Hall–Kier alpha value is -3.43. The van der Waals surface area contributed by atoms with Gasteiger partial charge in [0.15, 0.2) is 5.69 Å². The molecule has 1 atom stereocenters. The molecule has 9 heteroatoms. The normalized spacial score (nSPS) is 12.6. The van der Waals surface area contributed by atoms with Crippen LogP contribution in [0.4, 0.5) is 13.2 Å². The minimum atomic E-state index is -4.41. The van der Waals surface area contributed by atoms with Crippen LogP contribution in [0.3, 0.4) is 0 Å². The maximum absolute atomic E-state index is 13.2. The molecule has 0 fully saturated rings. The van der Waals surface area contributed by atoms with E-state index in [4.69, 9.17) is 4.42 Å². The summed E-state index contributed by atoms with van der Waals surface area (Å²) in [7, 11) is 0. The second kappa shape index (κ2) is 10.9. The highest BCUT2D eigenvalue weighted by molar-refractivity contribution is 7.09. The highest BCUT2D eigenvalue weighted by atomic mass is 32.1. The fourth-order valence-corrected chi connectivity index (χ4v) is 4.42. The Balaban J connectivity index is 1.46. The molecule has 0 aliphatic rings. The van der Waals surface area contributed by atoms with Gasteiger partial charge in [-0.3, -0.25) is 9.69 Å². The van der Waals surface area contributed by atoms with Gasteiger partial charge in [0.2, 0.25) is 5.89 Å². The third-order valence-electron chi connectivity index (χ3n) is 5.41. The average Bonchev–Trinajstić information content (AvgIpc) is 3.52. The van der Waals surface area contributed by atoms with Crippen molar-refractivity contribution >= 4 is 17.2 Å². The summed E-state index contributed by atoms with van der Waals surface area (Å²) in [5.74, 6) is -0.0508. The maximum atomic E-state index is 13.2. The summed E-state index contributed by atoms with van der Waals surface area (Å²) in [4.78, 5) is 20.0. The highest BCUT2D eigenvalue weighted by Gasteiger charge is 2.30. The van der Waals surface area contributed by atoms with Gasteiger partial charge in [-0.05, 0) is 35.6 Å². The second-order valence-electron chi connectivity index (χ2n) is 8.15. The summed E-state index contributed by atoms with van der Waals surface area (Å²) in [5.41, 5.74) is 0.956. The van der Waals surface area contributed by atoms with Crippen molar-refractivity contribution in [1.29, 1.82) is 0 Å². The average molecular weight is 500 g/mol. The van der Waals surface area contributed by atoms with E-state index >= 15 is 0 Å². The number of nitrogens with one attached hydrogen (secondary N) is 1. The molecule has 0 spiro atoms. The minimum absolute atomic E-state index is 0.151. The van der Waals surface area contributed by atoms with Gasteiger partial charge in [-0.2, -0.15) is 13.2 Å². The van der Waals surface area contributed by atoms with E-state index in [1.165, 1.54) is 12.3 Å². The smallest absolute Gasteiger partial charge is 0.416 e. The molecule has 0 aliphatic carbocycles. The molecular formula is C26H24F3N3O2S. The number of hydrogen-bond donors (Lipinski definition) is 1. The number of alkyl halides is 3.